The van der Waals surface area contributed by atoms with E-state index in [4.69, 9.17) is 16.3 Å². The number of nitro groups is 1. The Kier molecular flexibility index (Phi) is 7.41. The SMILES string of the molecule is C=CCc1ccccc1OCC#CCNC(=O)c1ccc(Cl)c([N+](=O)[O-])c1. The van der Waals surface area contributed by atoms with Crippen LogP contribution in [0, 0.1) is 22.0 Å². The lowest BCUT2D eigenvalue weighted by Gasteiger charge is -2.07. The highest BCUT2D eigenvalue weighted by Gasteiger charge is 2.15. The summed E-state index contributed by atoms with van der Waals surface area (Å²) in [6.07, 6.45) is 2.50. The summed E-state index contributed by atoms with van der Waals surface area (Å²) in [4.78, 5) is 22.2. The maximum Gasteiger partial charge on any atom is 0.288 e. The zero-order chi connectivity index (χ0) is 19.6. The number of nitro benzene ring substituents is 1. The Morgan fingerprint density at radius 1 is 1.30 bits per heavy atom. The van der Waals surface area contributed by atoms with Crippen LogP contribution < -0.4 is 10.1 Å². The molecule has 0 unspecified atom stereocenters. The number of para-hydroxylation sites is 1. The van der Waals surface area contributed by atoms with Gasteiger partial charge in [-0.25, -0.2) is 0 Å². The quantitative estimate of drug-likeness (QED) is 0.341. The highest BCUT2D eigenvalue weighted by atomic mass is 35.5. The van der Waals surface area contributed by atoms with Crippen molar-refractivity contribution in [2.45, 2.75) is 6.42 Å². The molecule has 0 saturated heterocycles. The number of amides is 1. The van der Waals surface area contributed by atoms with Gasteiger partial charge in [0.15, 0.2) is 0 Å². The Morgan fingerprint density at radius 3 is 2.81 bits per heavy atom. The lowest BCUT2D eigenvalue weighted by atomic mass is 10.1. The van der Waals surface area contributed by atoms with Gasteiger partial charge in [-0.1, -0.05) is 47.7 Å². The highest BCUT2D eigenvalue weighted by Crippen LogP contribution is 2.25. The zero-order valence-corrected chi connectivity index (χ0v) is 15.2. The molecule has 27 heavy (non-hydrogen) atoms. The van der Waals surface area contributed by atoms with E-state index in [2.05, 4.69) is 23.7 Å². The molecule has 0 heterocycles. The van der Waals surface area contributed by atoms with E-state index < -0.39 is 10.8 Å². The van der Waals surface area contributed by atoms with Gasteiger partial charge in [-0.15, -0.1) is 6.58 Å². The number of benzene rings is 2. The lowest BCUT2D eigenvalue weighted by molar-refractivity contribution is -0.384. The first-order chi connectivity index (χ1) is 13.0. The molecule has 0 spiro atoms. The summed E-state index contributed by atoms with van der Waals surface area (Å²) in [6, 6.07) is 11.5. The van der Waals surface area contributed by atoms with E-state index in [1.807, 2.05) is 24.3 Å². The van der Waals surface area contributed by atoms with Gasteiger partial charge in [0.25, 0.3) is 11.6 Å². The van der Waals surface area contributed by atoms with Gasteiger partial charge in [0, 0.05) is 11.6 Å². The second kappa shape index (κ2) is 10.00. The van der Waals surface area contributed by atoms with Crippen molar-refractivity contribution >= 4 is 23.2 Å². The highest BCUT2D eigenvalue weighted by molar-refractivity contribution is 6.32. The average Bonchev–Trinajstić information content (AvgIpc) is 2.66. The molecule has 0 bridgehead atoms. The number of rotatable bonds is 7. The summed E-state index contributed by atoms with van der Waals surface area (Å²) in [7, 11) is 0. The molecule has 1 N–H and O–H groups in total. The molecule has 0 atom stereocenters. The summed E-state index contributed by atoms with van der Waals surface area (Å²) < 4.78 is 5.61. The van der Waals surface area contributed by atoms with Crippen molar-refractivity contribution in [1.82, 2.24) is 5.32 Å². The fraction of sp³-hybridized carbons (Fsp3) is 0.150. The van der Waals surface area contributed by atoms with Crippen molar-refractivity contribution in [1.29, 1.82) is 0 Å². The number of hydrogen-bond acceptors (Lipinski definition) is 4. The van der Waals surface area contributed by atoms with Gasteiger partial charge in [0.05, 0.1) is 11.5 Å². The zero-order valence-electron chi connectivity index (χ0n) is 14.4. The van der Waals surface area contributed by atoms with Gasteiger partial charge in [-0.2, -0.15) is 0 Å². The third kappa shape index (κ3) is 5.87. The number of allylic oxidation sites excluding steroid dienone is 1. The Bertz CT molecular complexity index is 916. The molecule has 1 amide bonds. The molecule has 2 aromatic rings. The van der Waals surface area contributed by atoms with E-state index in [0.717, 1.165) is 17.4 Å². The molecule has 0 aliphatic carbocycles. The number of ether oxygens (including phenoxy) is 1. The summed E-state index contributed by atoms with van der Waals surface area (Å²) in [5.41, 5.74) is 0.844. The van der Waals surface area contributed by atoms with Gasteiger partial charge >= 0.3 is 0 Å². The Hall–Kier alpha value is -3.30. The van der Waals surface area contributed by atoms with Crippen LogP contribution in [0.4, 0.5) is 5.69 Å². The number of carbonyl (C=O) groups is 1. The van der Waals surface area contributed by atoms with Crippen LogP contribution >= 0.6 is 11.6 Å². The molecular formula is C20H17ClN2O4. The van der Waals surface area contributed by atoms with Crippen LogP contribution in [0.5, 0.6) is 5.75 Å². The maximum atomic E-state index is 12.0. The minimum absolute atomic E-state index is 0.0229. The van der Waals surface area contributed by atoms with Crippen LogP contribution in [0.25, 0.3) is 0 Å². The van der Waals surface area contributed by atoms with E-state index in [1.165, 1.54) is 12.1 Å². The predicted octanol–water partition coefficient (Wildman–Crippen LogP) is 3.79. The van der Waals surface area contributed by atoms with Crippen LogP contribution in [-0.4, -0.2) is 24.0 Å². The van der Waals surface area contributed by atoms with Gasteiger partial charge in [-0.3, -0.25) is 14.9 Å². The van der Waals surface area contributed by atoms with Crippen molar-refractivity contribution in [2.75, 3.05) is 13.2 Å². The van der Waals surface area contributed by atoms with Crippen LogP contribution in [0.3, 0.4) is 0 Å². The monoisotopic (exact) mass is 384 g/mol. The van der Waals surface area contributed by atoms with Crippen LogP contribution in [-0.2, 0) is 6.42 Å². The van der Waals surface area contributed by atoms with E-state index >= 15 is 0 Å². The van der Waals surface area contributed by atoms with Gasteiger partial charge in [-0.05, 0) is 30.2 Å². The van der Waals surface area contributed by atoms with E-state index in [-0.39, 0.29) is 29.4 Å². The molecular weight excluding hydrogens is 368 g/mol. The van der Waals surface area contributed by atoms with Crippen molar-refractivity contribution in [2.24, 2.45) is 0 Å². The largest absolute Gasteiger partial charge is 0.481 e. The Labute approximate surface area is 161 Å². The number of nitrogens with zero attached hydrogens (tertiary/aromatic N) is 1. The van der Waals surface area contributed by atoms with E-state index in [1.54, 1.807) is 6.08 Å². The Morgan fingerprint density at radius 2 is 2.07 bits per heavy atom. The molecule has 0 aliphatic rings. The normalized spacial score (nSPS) is 9.67. The number of hydrogen-bond donors (Lipinski definition) is 1. The summed E-state index contributed by atoms with van der Waals surface area (Å²) in [5.74, 6) is 5.85. The average molecular weight is 385 g/mol. The Balaban J connectivity index is 1.85. The maximum absolute atomic E-state index is 12.0. The summed E-state index contributed by atoms with van der Waals surface area (Å²) in [6.45, 7) is 3.98. The first-order valence-electron chi connectivity index (χ1n) is 8.02. The second-order valence-corrected chi connectivity index (χ2v) is 5.76. The number of nitrogens with one attached hydrogen (secondary N) is 1. The lowest BCUT2D eigenvalue weighted by Crippen LogP contribution is -2.23. The minimum Gasteiger partial charge on any atom is -0.481 e. The first kappa shape index (κ1) is 20.0. The van der Waals surface area contributed by atoms with Crippen molar-refractivity contribution < 1.29 is 14.5 Å². The molecule has 0 fully saturated rings. The number of halogens is 1. The second-order valence-electron chi connectivity index (χ2n) is 5.35. The molecule has 0 aliphatic heterocycles. The van der Waals surface area contributed by atoms with E-state index in [9.17, 15) is 14.9 Å². The van der Waals surface area contributed by atoms with Crippen LogP contribution in [0.1, 0.15) is 15.9 Å². The summed E-state index contributed by atoms with van der Waals surface area (Å²) in [5, 5.41) is 13.4. The van der Waals surface area contributed by atoms with Crippen molar-refractivity contribution in [3.05, 3.63) is 81.4 Å². The molecule has 0 saturated carbocycles. The standard InChI is InChI=1S/C20H17ClN2O4/c1-2-7-15-8-3-4-9-19(15)27-13-6-5-12-22-20(24)16-10-11-17(21)18(14-16)23(25)26/h2-4,8-11,14H,1,7,12-13H2,(H,22,24). The van der Waals surface area contributed by atoms with Crippen molar-refractivity contribution in [3.63, 3.8) is 0 Å². The fourth-order valence-electron chi connectivity index (χ4n) is 2.22. The molecule has 138 valence electrons. The smallest absolute Gasteiger partial charge is 0.288 e. The van der Waals surface area contributed by atoms with Gasteiger partial charge in [0.1, 0.15) is 17.4 Å². The molecule has 7 heteroatoms. The molecule has 0 radical (unpaired) electrons. The van der Waals surface area contributed by atoms with Crippen molar-refractivity contribution in [3.8, 4) is 17.6 Å². The molecule has 2 rings (SSSR count). The van der Waals surface area contributed by atoms with Gasteiger partial charge < -0.3 is 10.1 Å². The predicted molar refractivity (Wildman–Crippen MR) is 104 cm³/mol. The third-order valence-electron chi connectivity index (χ3n) is 3.50. The third-order valence-corrected chi connectivity index (χ3v) is 3.82. The van der Waals surface area contributed by atoms with Crippen LogP contribution in [0.15, 0.2) is 55.1 Å². The van der Waals surface area contributed by atoms with Crippen LogP contribution in [0.2, 0.25) is 5.02 Å². The van der Waals surface area contributed by atoms with Gasteiger partial charge in [0.2, 0.25) is 0 Å². The van der Waals surface area contributed by atoms with E-state index in [0.29, 0.717) is 6.42 Å². The fourth-order valence-corrected chi connectivity index (χ4v) is 2.40. The number of carbonyl (C=O) groups excluding carboxylic acids is 1. The first-order valence-corrected chi connectivity index (χ1v) is 8.40. The molecule has 0 aromatic heterocycles. The molecule has 2 aromatic carbocycles. The minimum atomic E-state index is -0.638. The summed E-state index contributed by atoms with van der Waals surface area (Å²) >= 11 is 5.72. The topological polar surface area (TPSA) is 81.5 Å². The molecule has 6 nitrogen and oxygen atoms in total.